The van der Waals surface area contributed by atoms with Crippen molar-refractivity contribution in [2.45, 2.75) is 26.0 Å². The van der Waals surface area contributed by atoms with Crippen LogP contribution < -0.4 is 14.8 Å². The van der Waals surface area contributed by atoms with Crippen molar-refractivity contribution in [3.05, 3.63) is 40.3 Å². The van der Waals surface area contributed by atoms with E-state index >= 15 is 0 Å². The summed E-state index contributed by atoms with van der Waals surface area (Å²) in [5, 5.41) is 3.40. The SMILES string of the molecule is CCOC(=O)c1c(NC(=O)C2COc3ccccc3O2)sc2c1CCN(C)C2. The molecule has 3 heterocycles. The van der Waals surface area contributed by atoms with Crippen molar-refractivity contribution >= 4 is 28.2 Å². The fourth-order valence-corrected chi connectivity index (χ4v) is 4.70. The number of hydrogen-bond acceptors (Lipinski definition) is 7. The van der Waals surface area contributed by atoms with Gasteiger partial charge in [-0.25, -0.2) is 4.79 Å². The lowest BCUT2D eigenvalue weighted by atomic mass is 10.0. The average Bonchev–Trinajstić information content (AvgIpc) is 3.04. The summed E-state index contributed by atoms with van der Waals surface area (Å²) in [6.07, 6.45) is -0.0327. The van der Waals surface area contributed by atoms with Gasteiger partial charge < -0.3 is 24.4 Å². The Morgan fingerprint density at radius 1 is 1.32 bits per heavy atom. The molecule has 1 atom stereocenters. The van der Waals surface area contributed by atoms with Crippen molar-refractivity contribution in [3.8, 4) is 11.5 Å². The third kappa shape index (κ3) is 3.57. The number of benzene rings is 1. The molecule has 0 fully saturated rings. The molecule has 0 aliphatic carbocycles. The largest absolute Gasteiger partial charge is 0.485 e. The topological polar surface area (TPSA) is 77.1 Å². The van der Waals surface area contributed by atoms with Gasteiger partial charge >= 0.3 is 5.97 Å². The number of nitrogens with one attached hydrogen (secondary N) is 1. The number of fused-ring (bicyclic) bond motifs is 2. The van der Waals surface area contributed by atoms with Crippen LogP contribution in [0.15, 0.2) is 24.3 Å². The van der Waals surface area contributed by atoms with Crippen LogP contribution in [0.5, 0.6) is 11.5 Å². The molecule has 0 spiro atoms. The van der Waals surface area contributed by atoms with Crippen LogP contribution in [-0.4, -0.2) is 49.7 Å². The maximum absolute atomic E-state index is 12.8. The van der Waals surface area contributed by atoms with Crippen LogP contribution in [0.1, 0.15) is 27.7 Å². The first kappa shape index (κ1) is 18.8. The number of hydrogen-bond donors (Lipinski definition) is 1. The van der Waals surface area contributed by atoms with Gasteiger partial charge in [-0.2, -0.15) is 0 Å². The smallest absolute Gasteiger partial charge is 0.341 e. The first-order chi connectivity index (χ1) is 13.6. The third-order valence-electron chi connectivity index (χ3n) is 4.77. The Kier molecular flexibility index (Phi) is 5.23. The van der Waals surface area contributed by atoms with E-state index in [1.165, 1.54) is 11.3 Å². The number of carbonyl (C=O) groups excluding carboxylic acids is 2. The zero-order valence-electron chi connectivity index (χ0n) is 15.8. The Morgan fingerprint density at radius 3 is 2.89 bits per heavy atom. The number of ether oxygens (including phenoxy) is 3. The summed E-state index contributed by atoms with van der Waals surface area (Å²) in [6, 6.07) is 7.23. The number of amides is 1. The summed E-state index contributed by atoms with van der Waals surface area (Å²) in [7, 11) is 2.04. The average molecular weight is 402 g/mol. The molecule has 1 aromatic carbocycles. The Bertz CT molecular complexity index is 910. The lowest BCUT2D eigenvalue weighted by molar-refractivity contribution is -0.125. The minimum atomic E-state index is -0.785. The molecule has 0 radical (unpaired) electrons. The molecular formula is C20H22N2O5S. The van der Waals surface area contributed by atoms with Gasteiger partial charge in [-0.3, -0.25) is 4.79 Å². The number of thiophene rings is 1. The van der Waals surface area contributed by atoms with Crippen molar-refractivity contribution in [2.75, 3.05) is 32.1 Å². The van der Waals surface area contributed by atoms with Crippen LogP contribution in [0.2, 0.25) is 0 Å². The standard InChI is InChI=1S/C20H22N2O5S/c1-3-25-20(24)17-12-8-9-22(2)10-16(12)28-19(17)21-18(23)15-11-26-13-6-4-5-7-14(13)27-15/h4-7,15H,3,8-11H2,1-2H3,(H,21,23). The number of carbonyl (C=O) groups is 2. The van der Waals surface area contributed by atoms with Gasteiger partial charge in [0.05, 0.1) is 12.2 Å². The fraction of sp³-hybridized carbons (Fsp3) is 0.400. The highest BCUT2D eigenvalue weighted by Gasteiger charge is 2.32. The lowest BCUT2D eigenvalue weighted by Gasteiger charge is -2.25. The quantitative estimate of drug-likeness (QED) is 0.793. The first-order valence-electron chi connectivity index (χ1n) is 9.26. The van der Waals surface area contributed by atoms with E-state index in [-0.39, 0.29) is 19.1 Å². The summed E-state index contributed by atoms with van der Waals surface area (Å²) in [4.78, 5) is 28.7. The van der Waals surface area contributed by atoms with E-state index in [2.05, 4.69) is 10.2 Å². The minimum Gasteiger partial charge on any atom is -0.485 e. The summed E-state index contributed by atoms with van der Waals surface area (Å²) in [6.45, 7) is 3.78. The molecule has 1 aromatic heterocycles. The van der Waals surface area contributed by atoms with E-state index in [1.807, 2.05) is 19.2 Å². The predicted octanol–water partition coefficient (Wildman–Crippen LogP) is 2.69. The molecule has 1 unspecified atom stereocenters. The normalized spacial score (nSPS) is 18.3. The van der Waals surface area contributed by atoms with Crippen molar-refractivity contribution < 1.29 is 23.8 Å². The fourth-order valence-electron chi connectivity index (χ4n) is 3.38. The number of anilines is 1. The number of nitrogens with zero attached hydrogens (tertiary/aromatic N) is 1. The highest BCUT2D eigenvalue weighted by molar-refractivity contribution is 7.17. The predicted molar refractivity (Wildman–Crippen MR) is 105 cm³/mol. The first-order valence-corrected chi connectivity index (χ1v) is 10.1. The zero-order valence-corrected chi connectivity index (χ0v) is 16.6. The molecule has 7 nitrogen and oxygen atoms in total. The van der Waals surface area contributed by atoms with E-state index in [0.717, 1.165) is 30.0 Å². The molecular weight excluding hydrogens is 380 g/mol. The van der Waals surface area contributed by atoms with E-state index in [0.29, 0.717) is 22.1 Å². The number of rotatable bonds is 4. The zero-order chi connectivity index (χ0) is 19.7. The summed E-state index contributed by atoms with van der Waals surface area (Å²) in [5.41, 5.74) is 1.45. The second-order valence-electron chi connectivity index (χ2n) is 6.77. The molecule has 8 heteroatoms. The van der Waals surface area contributed by atoms with Crippen molar-refractivity contribution in [1.82, 2.24) is 4.90 Å². The number of likely N-dealkylation sites (N-methyl/N-ethyl adjacent to an activating group) is 1. The lowest BCUT2D eigenvalue weighted by Crippen LogP contribution is -2.40. The molecule has 0 bridgehead atoms. The van der Waals surface area contributed by atoms with Gasteiger partial charge in [0, 0.05) is 18.0 Å². The molecule has 1 amide bonds. The Labute approximate surface area is 167 Å². The second kappa shape index (κ2) is 7.81. The Morgan fingerprint density at radius 2 is 2.11 bits per heavy atom. The number of esters is 1. The van der Waals surface area contributed by atoms with Crippen LogP contribution >= 0.6 is 11.3 Å². The highest BCUT2D eigenvalue weighted by atomic mass is 32.1. The summed E-state index contributed by atoms with van der Waals surface area (Å²) >= 11 is 1.43. The summed E-state index contributed by atoms with van der Waals surface area (Å²) < 4.78 is 16.6. The van der Waals surface area contributed by atoms with Crippen LogP contribution in [-0.2, 0) is 22.5 Å². The Balaban J connectivity index is 1.57. The van der Waals surface area contributed by atoms with Gasteiger partial charge in [-0.1, -0.05) is 12.1 Å². The van der Waals surface area contributed by atoms with E-state index in [1.54, 1.807) is 19.1 Å². The highest BCUT2D eigenvalue weighted by Crippen LogP contribution is 2.38. The third-order valence-corrected chi connectivity index (χ3v) is 5.90. The molecule has 2 aliphatic heterocycles. The van der Waals surface area contributed by atoms with Gasteiger partial charge in [0.25, 0.3) is 5.91 Å². The monoisotopic (exact) mass is 402 g/mol. The van der Waals surface area contributed by atoms with E-state index < -0.39 is 12.1 Å². The van der Waals surface area contributed by atoms with Crippen LogP contribution in [0, 0.1) is 0 Å². The van der Waals surface area contributed by atoms with Crippen LogP contribution in [0.25, 0.3) is 0 Å². The molecule has 28 heavy (non-hydrogen) atoms. The van der Waals surface area contributed by atoms with Gasteiger partial charge in [0.1, 0.15) is 11.6 Å². The maximum atomic E-state index is 12.8. The molecule has 1 N–H and O–H groups in total. The van der Waals surface area contributed by atoms with Crippen molar-refractivity contribution in [1.29, 1.82) is 0 Å². The van der Waals surface area contributed by atoms with Crippen LogP contribution in [0.3, 0.4) is 0 Å². The summed E-state index contributed by atoms with van der Waals surface area (Å²) in [5.74, 6) is 0.415. The number of para-hydroxylation sites is 2. The van der Waals surface area contributed by atoms with Gasteiger partial charge in [-0.05, 0) is 38.1 Å². The molecule has 4 rings (SSSR count). The molecule has 0 saturated heterocycles. The van der Waals surface area contributed by atoms with Crippen molar-refractivity contribution in [2.24, 2.45) is 0 Å². The van der Waals surface area contributed by atoms with Crippen molar-refractivity contribution in [3.63, 3.8) is 0 Å². The van der Waals surface area contributed by atoms with E-state index in [9.17, 15) is 9.59 Å². The molecule has 148 valence electrons. The maximum Gasteiger partial charge on any atom is 0.341 e. The molecule has 0 saturated carbocycles. The Hall–Kier alpha value is -2.58. The minimum absolute atomic E-state index is 0.116. The molecule has 2 aliphatic rings. The van der Waals surface area contributed by atoms with Crippen LogP contribution in [0.4, 0.5) is 5.00 Å². The second-order valence-corrected chi connectivity index (χ2v) is 7.87. The van der Waals surface area contributed by atoms with E-state index in [4.69, 9.17) is 14.2 Å². The molecule has 2 aromatic rings. The van der Waals surface area contributed by atoms with Gasteiger partial charge in [-0.15, -0.1) is 11.3 Å². The van der Waals surface area contributed by atoms with Gasteiger partial charge in [0.15, 0.2) is 11.5 Å². The van der Waals surface area contributed by atoms with Gasteiger partial charge in [0.2, 0.25) is 6.10 Å².